The maximum absolute atomic E-state index is 12.4. The Morgan fingerprint density at radius 3 is 3.09 bits per heavy atom. The van der Waals surface area contributed by atoms with Gasteiger partial charge in [0.2, 0.25) is 0 Å². The average Bonchev–Trinajstić information content (AvgIpc) is 3.20. The topological polar surface area (TPSA) is 62.2 Å². The lowest BCUT2D eigenvalue weighted by Gasteiger charge is -2.32. The molecule has 1 aliphatic rings. The van der Waals surface area contributed by atoms with E-state index in [1.54, 1.807) is 11.3 Å². The van der Waals surface area contributed by atoms with E-state index in [2.05, 4.69) is 10.3 Å². The van der Waals surface area contributed by atoms with Gasteiger partial charge in [-0.1, -0.05) is 12.1 Å². The van der Waals surface area contributed by atoms with Crippen LogP contribution in [-0.2, 0) is 12.0 Å². The number of para-hydroxylation sites is 1. The summed E-state index contributed by atoms with van der Waals surface area (Å²) in [7, 11) is 0. The molecule has 1 atom stereocenters. The summed E-state index contributed by atoms with van der Waals surface area (Å²) in [5.41, 5.74) is 0.845. The van der Waals surface area contributed by atoms with E-state index < -0.39 is 5.60 Å². The van der Waals surface area contributed by atoms with Gasteiger partial charge in [0.15, 0.2) is 5.01 Å². The molecule has 2 N–H and O–H groups in total. The number of fused-ring (bicyclic) bond motifs is 2. The Hall–Kier alpha value is -1.76. The minimum Gasteiger partial charge on any atom is -0.383 e. The molecule has 4 nitrogen and oxygen atoms in total. The van der Waals surface area contributed by atoms with Gasteiger partial charge in [0.1, 0.15) is 5.60 Å². The van der Waals surface area contributed by atoms with Gasteiger partial charge in [-0.3, -0.25) is 4.79 Å². The molecule has 3 aromatic rings. The fourth-order valence-electron chi connectivity index (χ4n) is 3.08. The van der Waals surface area contributed by atoms with E-state index in [-0.39, 0.29) is 12.5 Å². The van der Waals surface area contributed by atoms with Crippen molar-refractivity contribution >= 4 is 38.8 Å². The zero-order valence-electron chi connectivity index (χ0n) is 12.4. The van der Waals surface area contributed by atoms with Gasteiger partial charge in [-0.2, -0.15) is 0 Å². The highest BCUT2D eigenvalue weighted by atomic mass is 32.1. The van der Waals surface area contributed by atoms with Crippen molar-refractivity contribution in [2.45, 2.75) is 24.9 Å². The Balaban J connectivity index is 1.52. The van der Waals surface area contributed by atoms with E-state index in [4.69, 9.17) is 0 Å². The molecule has 0 saturated carbocycles. The molecule has 6 heteroatoms. The summed E-state index contributed by atoms with van der Waals surface area (Å²) in [4.78, 5) is 18.0. The minimum absolute atomic E-state index is 0.220. The van der Waals surface area contributed by atoms with Crippen molar-refractivity contribution in [3.63, 3.8) is 0 Å². The summed E-state index contributed by atoms with van der Waals surface area (Å²) in [6.45, 7) is 0.228. The van der Waals surface area contributed by atoms with Crippen molar-refractivity contribution in [2.24, 2.45) is 0 Å². The van der Waals surface area contributed by atoms with E-state index in [9.17, 15) is 9.90 Å². The van der Waals surface area contributed by atoms with Crippen molar-refractivity contribution in [2.75, 3.05) is 6.54 Å². The molecule has 1 amide bonds. The van der Waals surface area contributed by atoms with Gasteiger partial charge in [-0.25, -0.2) is 4.98 Å². The van der Waals surface area contributed by atoms with Crippen LogP contribution in [0.3, 0.4) is 0 Å². The number of benzene rings is 1. The molecule has 1 aliphatic carbocycles. The Morgan fingerprint density at radius 1 is 1.35 bits per heavy atom. The van der Waals surface area contributed by atoms with Crippen LogP contribution in [0.2, 0.25) is 0 Å². The third kappa shape index (κ3) is 2.67. The highest BCUT2D eigenvalue weighted by molar-refractivity contribution is 7.20. The van der Waals surface area contributed by atoms with Gasteiger partial charge >= 0.3 is 0 Å². The smallest absolute Gasteiger partial charge is 0.280 e. The number of hydrogen-bond acceptors (Lipinski definition) is 5. The molecular formula is C17H16N2O2S2. The molecule has 2 heterocycles. The molecule has 4 rings (SSSR count). The molecule has 0 saturated heterocycles. The fourth-order valence-corrected chi connectivity index (χ4v) is 4.98. The molecular weight excluding hydrogens is 328 g/mol. The van der Waals surface area contributed by atoms with Crippen molar-refractivity contribution in [3.05, 3.63) is 51.2 Å². The van der Waals surface area contributed by atoms with Gasteiger partial charge in [-0.15, -0.1) is 22.7 Å². The van der Waals surface area contributed by atoms with Gasteiger partial charge in [-0.05, 0) is 48.4 Å². The Morgan fingerprint density at radius 2 is 2.22 bits per heavy atom. The van der Waals surface area contributed by atoms with E-state index in [1.807, 2.05) is 35.7 Å². The number of thiazole rings is 1. The lowest BCUT2D eigenvalue weighted by atomic mass is 9.83. The molecule has 118 valence electrons. The molecule has 2 aromatic heterocycles. The lowest BCUT2D eigenvalue weighted by molar-refractivity contribution is 0.0197. The molecule has 0 spiro atoms. The highest BCUT2D eigenvalue weighted by Gasteiger charge is 2.35. The summed E-state index contributed by atoms with van der Waals surface area (Å²) in [6, 6.07) is 9.67. The number of rotatable bonds is 3. The van der Waals surface area contributed by atoms with Crippen LogP contribution in [0, 0.1) is 0 Å². The molecule has 1 unspecified atom stereocenters. The van der Waals surface area contributed by atoms with Crippen LogP contribution < -0.4 is 5.32 Å². The standard InChI is InChI=1S/C17H16N2O2S2/c20-15(16-19-12-4-1-2-5-14(12)23-16)18-10-17(21)8-3-6-13-11(17)7-9-22-13/h1-2,4-5,7,9,21H,3,6,8,10H2,(H,18,20). The van der Waals surface area contributed by atoms with E-state index in [1.165, 1.54) is 16.2 Å². The second-order valence-electron chi connectivity index (χ2n) is 5.81. The lowest BCUT2D eigenvalue weighted by Crippen LogP contribution is -2.42. The van der Waals surface area contributed by atoms with E-state index in [0.717, 1.165) is 28.6 Å². The first-order valence-electron chi connectivity index (χ1n) is 7.59. The number of carbonyl (C=O) groups is 1. The third-order valence-corrected chi connectivity index (χ3v) is 6.29. The summed E-state index contributed by atoms with van der Waals surface area (Å²) >= 11 is 3.05. The van der Waals surface area contributed by atoms with Crippen molar-refractivity contribution in [1.29, 1.82) is 0 Å². The van der Waals surface area contributed by atoms with Gasteiger partial charge in [0.05, 0.1) is 16.8 Å². The predicted molar refractivity (Wildman–Crippen MR) is 93.1 cm³/mol. The third-order valence-electron chi connectivity index (χ3n) is 4.27. The highest BCUT2D eigenvalue weighted by Crippen LogP contribution is 2.37. The number of amides is 1. The number of aliphatic hydroxyl groups is 1. The first kappa shape index (κ1) is 14.8. The largest absolute Gasteiger partial charge is 0.383 e. The average molecular weight is 344 g/mol. The number of nitrogens with one attached hydrogen (secondary N) is 1. The summed E-state index contributed by atoms with van der Waals surface area (Å²) < 4.78 is 0.995. The summed E-state index contributed by atoms with van der Waals surface area (Å²) in [5, 5.41) is 16.2. The molecule has 0 fully saturated rings. The monoisotopic (exact) mass is 344 g/mol. The summed E-state index contributed by atoms with van der Waals surface area (Å²) in [6.07, 6.45) is 2.64. The normalized spacial score (nSPS) is 20.4. The van der Waals surface area contributed by atoms with Crippen LogP contribution in [0.5, 0.6) is 0 Å². The van der Waals surface area contributed by atoms with Crippen LogP contribution >= 0.6 is 22.7 Å². The minimum atomic E-state index is -0.958. The maximum atomic E-state index is 12.4. The molecule has 0 aliphatic heterocycles. The van der Waals surface area contributed by atoms with Crippen LogP contribution in [0.15, 0.2) is 35.7 Å². The van der Waals surface area contributed by atoms with Crippen LogP contribution in [0.25, 0.3) is 10.2 Å². The first-order chi connectivity index (χ1) is 11.2. The molecule has 0 radical (unpaired) electrons. The van der Waals surface area contributed by atoms with E-state index >= 15 is 0 Å². The number of nitrogens with zero attached hydrogens (tertiary/aromatic N) is 1. The maximum Gasteiger partial charge on any atom is 0.280 e. The predicted octanol–water partition coefficient (Wildman–Crippen LogP) is 3.31. The molecule has 1 aromatic carbocycles. The number of aromatic nitrogens is 1. The van der Waals surface area contributed by atoms with Crippen molar-refractivity contribution in [1.82, 2.24) is 10.3 Å². The van der Waals surface area contributed by atoms with Gasteiger partial charge in [0, 0.05) is 4.88 Å². The van der Waals surface area contributed by atoms with Gasteiger partial charge < -0.3 is 10.4 Å². The van der Waals surface area contributed by atoms with Crippen molar-refractivity contribution in [3.8, 4) is 0 Å². The zero-order chi connectivity index (χ0) is 15.9. The Bertz CT molecular complexity index is 837. The number of thiophene rings is 1. The number of hydrogen-bond donors (Lipinski definition) is 2. The molecule has 0 bridgehead atoms. The SMILES string of the molecule is O=C(NCC1(O)CCCc2sccc21)c1nc2ccccc2s1. The van der Waals surface area contributed by atoms with E-state index in [0.29, 0.717) is 11.4 Å². The molecule has 23 heavy (non-hydrogen) atoms. The number of aryl methyl sites for hydroxylation is 1. The zero-order valence-corrected chi connectivity index (χ0v) is 14.0. The Kier molecular flexibility index (Phi) is 3.67. The quantitative estimate of drug-likeness (QED) is 0.766. The van der Waals surface area contributed by atoms with Crippen LogP contribution in [-0.4, -0.2) is 22.5 Å². The van der Waals surface area contributed by atoms with Crippen LogP contribution in [0.4, 0.5) is 0 Å². The van der Waals surface area contributed by atoms with Gasteiger partial charge in [0.25, 0.3) is 5.91 Å². The Labute approximate surface area is 141 Å². The number of carbonyl (C=O) groups excluding carboxylic acids is 1. The fraction of sp³-hybridized carbons (Fsp3) is 0.294. The van der Waals surface area contributed by atoms with Crippen molar-refractivity contribution < 1.29 is 9.90 Å². The second kappa shape index (κ2) is 5.70. The summed E-state index contributed by atoms with van der Waals surface area (Å²) in [5.74, 6) is -0.220. The second-order valence-corrected chi connectivity index (χ2v) is 7.84. The first-order valence-corrected chi connectivity index (χ1v) is 9.28. The van der Waals surface area contributed by atoms with Crippen LogP contribution in [0.1, 0.15) is 33.1 Å².